The van der Waals surface area contributed by atoms with Crippen LogP contribution >= 0.6 is 0 Å². The van der Waals surface area contributed by atoms with Crippen molar-refractivity contribution in [3.8, 4) is 6.07 Å². The van der Waals surface area contributed by atoms with Crippen molar-refractivity contribution >= 4 is 17.7 Å². The molecular formula is C16H22N4O3. The number of amides is 2. The number of nitriles is 1. The smallest absolute Gasteiger partial charge is 0.240 e. The molecule has 0 unspecified atom stereocenters. The third-order valence-corrected chi connectivity index (χ3v) is 4.15. The molecule has 0 saturated carbocycles. The SMILES string of the molecule is CC(=O)N1CCCN(CC(=O)Nc2oc(C)c(C)c2C#N)CC1. The molecule has 0 bridgehead atoms. The Labute approximate surface area is 135 Å². The zero-order chi connectivity index (χ0) is 17.0. The van der Waals surface area contributed by atoms with Crippen LogP contribution < -0.4 is 5.32 Å². The first kappa shape index (κ1) is 17.0. The lowest BCUT2D eigenvalue weighted by molar-refractivity contribution is -0.128. The molecule has 1 aliphatic rings. The number of anilines is 1. The average molecular weight is 318 g/mol. The normalized spacial score (nSPS) is 15.8. The minimum absolute atomic E-state index is 0.0662. The predicted octanol–water partition coefficient (Wildman–Crippen LogP) is 1.26. The third-order valence-electron chi connectivity index (χ3n) is 4.15. The van der Waals surface area contributed by atoms with E-state index >= 15 is 0 Å². The number of nitrogens with one attached hydrogen (secondary N) is 1. The highest BCUT2D eigenvalue weighted by Gasteiger charge is 2.20. The molecule has 2 amide bonds. The van der Waals surface area contributed by atoms with Crippen LogP contribution in [0.5, 0.6) is 0 Å². The van der Waals surface area contributed by atoms with Gasteiger partial charge in [-0.15, -0.1) is 0 Å². The van der Waals surface area contributed by atoms with E-state index in [2.05, 4.69) is 11.4 Å². The van der Waals surface area contributed by atoms with Gasteiger partial charge in [-0.1, -0.05) is 0 Å². The Balaban J connectivity index is 1.94. The van der Waals surface area contributed by atoms with Crippen LogP contribution in [-0.2, 0) is 9.59 Å². The summed E-state index contributed by atoms with van der Waals surface area (Å²) in [5, 5.41) is 11.8. The molecule has 2 heterocycles. The lowest BCUT2D eigenvalue weighted by atomic mass is 10.2. The Hall–Kier alpha value is -2.33. The van der Waals surface area contributed by atoms with Crippen LogP contribution in [0.15, 0.2) is 4.42 Å². The van der Waals surface area contributed by atoms with Gasteiger partial charge in [0.2, 0.25) is 17.7 Å². The zero-order valence-electron chi connectivity index (χ0n) is 13.8. The fourth-order valence-corrected chi connectivity index (χ4v) is 2.66. The molecular weight excluding hydrogens is 296 g/mol. The van der Waals surface area contributed by atoms with Crippen molar-refractivity contribution in [1.29, 1.82) is 5.26 Å². The van der Waals surface area contributed by atoms with Crippen LogP contribution in [0.1, 0.15) is 30.2 Å². The highest BCUT2D eigenvalue weighted by atomic mass is 16.4. The van der Waals surface area contributed by atoms with Crippen LogP contribution in [0.2, 0.25) is 0 Å². The summed E-state index contributed by atoms with van der Waals surface area (Å²) < 4.78 is 5.44. The second kappa shape index (κ2) is 7.29. The van der Waals surface area contributed by atoms with E-state index in [9.17, 15) is 9.59 Å². The van der Waals surface area contributed by atoms with E-state index < -0.39 is 0 Å². The maximum atomic E-state index is 12.2. The summed E-state index contributed by atoms with van der Waals surface area (Å²) in [6, 6.07) is 2.06. The van der Waals surface area contributed by atoms with E-state index in [0.717, 1.165) is 25.1 Å². The summed E-state index contributed by atoms with van der Waals surface area (Å²) in [5.74, 6) is 0.694. The first-order valence-electron chi connectivity index (χ1n) is 7.70. The van der Waals surface area contributed by atoms with Gasteiger partial charge in [0.25, 0.3) is 0 Å². The van der Waals surface area contributed by atoms with Gasteiger partial charge >= 0.3 is 0 Å². The largest absolute Gasteiger partial charge is 0.444 e. The third kappa shape index (κ3) is 4.11. The van der Waals surface area contributed by atoms with Crippen molar-refractivity contribution in [2.24, 2.45) is 0 Å². The van der Waals surface area contributed by atoms with Crippen LogP contribution in [0.3, 0.4) is 0 Å². The van der Waals surface area contributed by atoms with E-state index in [0.29, 0.717) is 24.4 Å². The number of furan rings is 1. The minimum atomic E-state index is -0.216. The highest BCUT2D eigenvalue weighted by Crippen LogP contribution is 2.25. The molecule has 0 atom stereocenters. The minimum Gasteiger partial charge on any atom is -0.444 e. The fourth-order valence-electron chi connectivity index (χ4n) is 2.66. The number of nitrogens with zero attached hydrogens (tertiary/aromatic N) is 3. The van der Waals surface area contributed by atoms with Gasteiger partial charge in [-0.2, -0.15) is 5.26 Å². The standard InChI is InChI=1S/C16H22N4O3/c1-11-12(2)23-16(14(11)9-17)18-15(22)10-19-5-4-6-20(8-7-19)13(3)21/h4-8,10H2,1-3H3,(H,18,22). The van der Waals surface area contributed by atoms with Gasteiger partial charge in [-0.25, -0.2) is 0 Å². The zero-order valence-corrected chi connectivity index (χ0v) is 13.8. The van der Waals surface area contributed by atoms with E-state index in [-0.39, 0.29) is 24.2 Å². The Morgan fingerprint density at radius 1 is 1.26 bits per heavy atom. The molecule has 1 aromatic rings. The topological polar surface area (TPSA) is 89.6 Å². The number of carbonyl (C=O) groups is 2. The summed E-state index contributed by atoms with van der Waals surface area (Å²) >= 11 is 0. The van der Waals surface area contributed by atoms with Gasteiger partial charge in [0.1, 0.15) is 17.4 Å². The Bertz CT molecular complexity index is 644. The lowest BCUT2D eigenvalue weighted by Gasteiger charge is -2.20. The quantitative estimate of drug-likeness (QED) is 0.906. The van der Waals surface area contributed by atoms with Gasteiger partial charge in [0, 0.05) is 38.7 Å². The fraction of sp³-hybridized carbons (Fsp3) is 0.562. The average Bonchev–Trinajstić information content (AvgIpc) is 2.67. The van der Waals surface area contributed by atoms with Gasteiger partial charge in [0.15, 0.2) is 0 Å². The second-order valence-corrected chi connectivity index (χ2v) is 5.78. The molecule has 0 aliphatic carbocycles. The molecule has 7 heteroatoms. The first-order chi connectivity index (χ1) is 10.9. The number of rotatable bonds is 3. The van der Waals surface area contributed by atoms with Crippen molar-refractivity contribution in [2.45, 2.75) is 27.2 Å². The maximum Gasteiger partial charge on any atom is 0.240 e. The summed E-state index contributed by atoms with van der Waals surface area (Å²) in [5.41, 5.74) is 1.11. The lowest BCUT2D eigenvalue weighted by Crippen LogP contribution is -2.37. The van der Waals surface area contributed by atoms with Gasteiger partial charge in [-0.05, 0) is 20.3 Å². The number of aryl methyl sites for hydroxylation is 1. The predicted molar refractivity (Wildman–Crippen MR) is 84.8 cm³/mol. The van der Waals surface area contributed by atoms with Crippen LogP contribution in [0.25, 0.3) is 0 Å². The monoisotopic (exact) mass is 318 g/mol. The van der Waals surface area contributed by atoms with E-state index in [1.165, 1.54) is 0 Å². The molecule has 1 fully saturated rings. The molecule has 1 N–H and O–H groups in total. The Morgan fingerprint density at radius 3 is 2.65 bits per heavy atom. The molecule has 0 radical (unpaired) electrons. The van der Waals surface area contributed by atoms with E-state index in [1.807, 2.05) is 4.90 Å². The van der Waals surface area contributed by atoms with Gasteiger partial charge in [-0.3, -0.25) is 19.8 Å². The van der Waals surface area contributed by atoms with Crippen molar-refractivity contribution in [3.63, 3.8) is 0 Å². The number of carbonyl (C=O) groups excluding carboxylic acids is 2. The van der Waals surface area contributed by atoms with Crippen molar-refractivity contribution in [1.82, 2.24) is 9.80 Å². The summed E-state index contributed by atoms with van der Waals surface area (Å²) in [6.45, 7) is 8.11. The molecule has 124 valence electrons. The van der Waals surface area contributed by atoms with Crippen LogP contribution in [0, 0.1) is 25.2 Å². The van der Waals surface area contributed by atoms with Crippen LogP contribution in [0.4, 0.5) is 5.88 Å². The number of hydrogen-bond acceptors (Lipinski definition) is 5. The summed E-state index contributed by atoms with van der Waals surface area (Å²) in [7, 11) is 0. The van der Waals surface area contributed by atoms with E-state index in [1.54, 1.807) is 25.7 Å². The maximum absolute atomic E-state index is 12.2. The van der Waals surface area contributed by atoms with E-state index in [4.69, 9.17) is 9.68 Å². The van der Waals surface area contributed by atoms with Gasteiger partial charge in [0.05, 0.1) is 6.54 Å². The Kier molecular flexibility index (Phi) is 5.40. The molecule has 0 spiro atoms. The first-order valence-corrected chi connectivity index (χ1v) is 7.70. The number of hydrogen-bond donors (Lipinski definition) is 1. The highest BCUT2D eigenvalue weighted by molar-refractivity contribution is 5.92. The molecule has 7 nitrogen and oxygen atoms in total. The van der Waals surface area contributed by atoms with Gasteiger partial charge < -0.3 is 9.32 Å². The molecule has 1 saturated heterocycles. The molecule has 1 aliphatic heterocycles. The Morgan fingerprint density at radius 2 is 2.00 bits per heavy atom. The molecule has 1 aromatic heterocycles. The van der Waals surface area contributed by atoms with Crippen molar-refractivity contribution < 1.29 is 14.0 Å². The van der Waals surface area contributed by atoms with Crippen molar-refractivity contribution in [3.05, 3.63) is 16.9 Å². The van der Waals surface area contributed by atoms with Crippen LogP contribution in [-0.4, -0.2) is 54.3 Å². The molecule has 2 rings (SSSR count). The summed E-state index contributed by atoms with van der Waals surface area (Å²) in [4.78, 5) is 27.4. The molecule has 23 heavy (non-hydrogen) atoms. The summed E-state index contributed by atoms with van der Waals surface area (Å²) in [6.07, 6.45) is 0.843. The molecule has 0 aromatic carbocycles. The second-order valence-electron chi connectivity index (χ2n) is 5.78. The van der Waals surface area contributed by atoms with Crippen molar-refractivity contribution in [2.75, 3.05) is 38.0 Å².